The second-order valence-corrected chi connectivity index (χ2v) is 41.9. The average Bonchev–Trinajstić information content (AvgIpc) is 1.60. The molecule has 6 saturated heterocycles. The number of hydrogen-bond donors (Lipinski definition) is 1. The summed E-state index contributed by atoms with van der Waals surface area (Å²) in [4.78, 5) is 81.8. The molecule has 12 rings (SSSR count). The summed E-state index contributed by atoms with van der Waals surface area (Å²) in [6, 6.07) is 24.1. The van der Waals surface area contributed by atoms with Crippen molar-refractivity contribution in [3.8, 4) is 0 Å². The standard InChI is InChI=1S/C27H38N2O4.C17H22BrNO2.C16H28BNO4.C14H17BrINO2.C9H17BO2.C8H15NO2.C6H3BrFI/c1-7-32-25(30)21-12-14-28(15-13-21)24-18-22(19(2)3)8-9-23(24)20-10-16-29(17-11-20)26(31)33-27(4,5)6;1-4-21-17(20)13-7-9-19(10-8-13)16-11-14(12(2)3)5-6-15(16)18;1-14(2,3)20-13(19)18-10-8-12(9-11-18)17-21-15(4,5)16(6,7)22-17;1-2-19-14(18)10-5-7-17(8-6-10)13-9-11(16)3-4-12(13)15;1-7(2)10-11-8(3,4)9(5,6)12-10;1-2-11-8(10)7-3-5-9-6-4-7;7-5-2-1-4(9)3-6(5)8/h8-10,18,21H,2,7,11-17H2,1,3-6H3;5-6,11,13H,2,4,7-10H2,1,3H3;8H,9-11H2,1-7H3;3-4,9-10H,2,5-8H2,1H3;1H2,2-6H3;7,9H,2-6H2,1H3;1-3H. The number of anilines is 3. The lowest BCUT2D eigenvalue weighted by molar-refractivity contribution is -0.149. The van der Waals surface area contributed by atoms with Gasteiger partial charge in [0.15, 0.2) is 0 Å². The Kier molecular flexibility index (Phi) is 44.0. The first-order valence-electron chi connectivity index (χ1n) is 44.6. The lowest BCUT2D eigenvalue weighted by atomic mass is 9.75. The number of rotatable bonds is 16. The highest BCUT2D eigenvalue weighted by Gasteiger charge is 2.53. The molecule has 1 N–H and O–H groups in total. The average molecular weight is 2180 g/mol. The molecule has 22 nitrogen and oxygen atoms in total. The van der Waals surface area contributed by atoms with Gasteiger partial charge in [-0.2, -0.15) is 0 Å². The van der Waals surface area contributed by atoms with E-state index in [0.29, 0.717) is 57.1 Å². The van der Waals surface area contributed by atoms with Crippen LogP contribution in [0.2, 0.25) is 0 Å². The molecule has 8 aliphatic rings. The largest absolute Gasteiger partial charge is 0.490 e. The minimum Gasteiger partial charge on any atom is -0.466 e. The Balaban J connectivity index is 0.000000238. The predicted octanol–water partition coefficient (Wildman–Crippen LogP) is 22.7. The van der Waals surface area contributed by atoms with E-state index >= 15 is 0 Å². The molecule has 127 heavy (non-hydrogen) atoms. The maximum atomic E-state index is 12.5. The van der Waals surface area contributed by atoms with E-state index in [4.69, 9.17) is 47.0 Å². The van der Waals surface area contributed by atoms with Gasteiger partial charge in [0.1, 0.15) is 17.0 Å². The van der Waals surface area contributed by atoms with Crippen LogP contribution in [0.3, 0.4) is 0 Å². The Bertz CT molecular complexity index is 4400. The van der Waals surface area contributed by atoms with Gasteiger partial charge in [-0.05, 0) is 392 Å². The zero-order chi connectivity index (χ0) is 94.7. The third-order valence-electron chi connectivity index (χ3n) is 23.4. The van der Waals surface area contributed by atoms with Gasteiger partial charge >= 0.3 is 50.3 Å². The molecule has 0 aliphatic carbocycles. The quantitative estimate of drug-likeness (QED) is 0.0362. The number of carbonyl (C=O) groups excluding carboxylic acids is 6. The summed E-state index contributed by atoms with van der Waals surface area (Å²) in [5.41, 5.74) is 10.3. The summed E-state index contributed by atoms with van der Waals surface area (Å²) in [5.74, 6) is -0.152. The topological polar surface area (TPSA) is 223 Å². The van der Waals surface area contributed by atoms with Gasteiger partial charge in [-0.25, -0.2) is 14.0 Å². The van der Waals surface area contributed by atoms with Crippen LogP contribution in [0.4, 0.5) is 31.0 Å². The monoisotopic (exact) mass is 2180 g/mol. The number of amides is 2. The van der Waals surface area contributed by atoms with E-state index in [-0.39, 0.29) is 102 Å². The number of ether oxygens (including phenoxy) is 6. The maximum absolute atomic E-state index is 12.5. The molecule has 4 aromatic carbocycles. The van der Waals surface area contributed by atoms with Crippen LogP contribution in [0.1, 0.15) is 226 Å². The van der Waals surface area contributed by atoms with Crippen LogP contribution in [-0.2, 0) is 66.2 Å². The van der Waals surface area contributed by atoms with Crippen molar-refractivity contribution in [2.24, 2.45) is 23.7 Å². The van der Waals surface area contributed by atoms with E-state index in [1.54, 1.807) is 15.9 Å². The van der Waals surface area contributed by atoms with Gasteiger partial charge in [0.2, 0.25) is 0 Å². The SMILES string of the molecule is C=C(C)B1OC(C)(C)C(C)(C)O1.C=C(C)c1ccc(Br)c(N2CCC(C(=O)OCC)CC2)c1.C=C(C)c1ccc(C2=CCN(C(=O)OC(C)(C)C)CC2)c(N2CCC(C(=O)OCC)CC2)c1.CC(C)(C)OC(=O)N1CC=C(B2OC(C)(C)C(C)(C)O2)CC1.CCOC(=O)C1CCN(c2cc(I)ccc2Br)CC1.CCOC(=O)C1CCNCC1.Fc1cc(I)ccc1Br. The van der Waals surface area contributed by atoms with Crippen molar-refractivity contribution in [1.82, 2.24) is 15.1 Å². The number of benzene rings is 4. The Morgan fingerprint density at radius 3 is 1.17 bits per heavy atom. The number of halogens is 6. The predicted molar refractivity (Wildman–Crippen MR) is 538 cm³/mol. The van der Waals surface area contributed by atoms with E-state index < -0.39 is 11.2 Å². The number of piperidine rings is 4. The van der Waals surface area contributed by atoms with Crippen molar-refractivity contribution in [1.29, 1.82) is 0 Å². The van der Waals surface area contributed by atoms with Gasteiger partial charge in [-0.3, -0.25) is 19.2 Å². The molecule has 0 saturated carbocycles. The van der Waals surface area contributed by atoms with Crippen molar-refractivity contribution in [3.05, 3.63) is 159 Å². The number of nitrogens with zero attached hydrogens (tertiary/aromatic N) is 5. The van der Waals surface area contributed by atoms with Gasteiger partial charge in [0, 0.05) is 92.8 Å². The summed E-state index contributed by atoms with van der Waals surface area (Å²) < 4.78 is 72.2. The lowest BCUT2D eigenvalue weighted by Gasteiger charge is -2.35. The van der Waals surface area contributed by atoms with Crippen LogP contribution in [0.15, 0.2) is 129 Å². The van der Waals surface area contributed by atoms with E-state index in [2.05, 4.69) is 193 Å². The minimum atomic E-state index is -0.498. The van der Waals surface area contributed by atoms with Crippen molar-refractivity contribution >= 4 is 177 Å². The molecule has 8 aliphatic heterocycles. The highest BCUT2D eigenvalue weighted by atomic mass is 127. The summed E-state index contributed by atoms with van der Waals surface area (Å²) >= 11 is 14.7. The number of carbonyl (C=O) groups is 6. The third-order valence-corrected chi connectivity index (χ3v) is 26.7. The molecule has 2 amide bonds. The Morgan fingerprint density at radius 2 is 0.819 bits per heavy atom. The van der Waals surface area contributed by atoms with E-state index in [1.807, 2.05) is 158 Å². The molecule has 8 heterocycles. The van der Waals surface area contributed by atoms with Crippen molar-refractivity contribution in [2.45, 2.75) is 243 Å². The van der Waals surface area contributed by atoms with Crippen LogP contribution >= 0.6 is 93.0 Å². The number of nitrogens with one attached hydrogen (secondary N) is 1. The van der Waals surface area contributed by atoms with Crippen LogP contribution in [0.25, 0.3) is 16.7 Å². The molecule has 0 atom stereocenters. The molecular formula is C97H140B2Br3FI2N6O16. The summed E-state index contributed by atoms with van der Waals surface area (Å²) in [6.07, 6.45) is 12.0. The molecule has 30 heteroatoms. The third kappa shape index (κ3) is 34.6. The van der Waals surface area contributed by atoms with Crippen LogP contribution in [0.5, 0.6) is 0 Å². The Labute approximate surface area is 810 Å². The van der Waals surface area contributed by atoms with Crippen LogP contribution in [0, 0.1) is 36.6 Å². The maximum Gasteiger partial charge on any atom is 0.490 e. The van der Waals surface area contributed by atoms with E-state index in [9.17, 15) is 33.2 Å². The van der Waals surface area contributed by atoms with Gasteiger partial charge < -0.3 is 76.9 Å². The highest BCUT2D eigenvalue weighted by molar-refractivity contribution is 14.1. The second-order valence-electron chi connectivity index (χ2n) is 36.8. The lowest BCUT2D eigenvalue weighted by Crippen LogP contribution is -2.41. The fourth-order valence-corrected chi connectivity index (χ4v) is 16.7. The fraction of sp³-hybridized carbons (Fsp3) is 0.588. The van der Waals surface area contributed by atoms with Gasteiger partial charge in [-0.15, -0.1) is 6.58 Å². The second kappa shape index (κ2) is 50.9. The van der Waals surface area contributed by atoms with Crippen LogP contribution < -0.4 is 20.0 Å². The van der Waals surface area contributed by atoms with Crippen LogP contribution in [-0.4, -0.2) is 199 Å². The highest BCUT2D eigenvalue weighted by Crippen LogP contribution is 2.43. The van der Waals surface area contributed by atoms with Crippen molar-refractivity contribution in [2.75, 3.05) is 120 Å². The van der Waals surface area contributed by atoms with E-state index in [1.165, 1.54) is 37.8 Å². The van der Waals surface area contributed by atoms with Gasteiger partial charge in [0.05, 0.1) is 88.4 Å². The van der Waals surface area contributed by atoms with Gasteiger partial charge in [-0.1, -0.05) is 60.1 Å². The first-order valence-corrected chi connectivity index (χ1v) is 49.1. The van der Waals surface area contributed by atoms with Crippen molar-refractivity contribution in [3.63, 3.8) is 0 Å². The fourth-order valence-electron chi connectivity index (χ4n) is 14.6. The molecule has 0 unspecified atom stereocenters. The number of allylic oxidation sites excluding steroid dienone is 3. The molecule has 0 aromatic heterocycles. The Hall–Kier alpha value is -5.84. The smallest absolute Gasteiger partial charge is 0.466 e. The number of hydrogen-bond acceptors (Lipinski definition) is 20. The molecular weight excluding hydrogens is 2040 g/mol. The summed E-state index contributed by atoms with van der Waals surface area (Å²) in [5, 5.41) is 3.20. The minimum absolute atomic E-state index is 0.0194. The Morgan fingerprint density at radius 1 is 0.472 bits per heavy atom. The molecule has 0 radical (unpaired) electrons. The zero-order valence-electron chi connectivity index (χ0n) is 79.1. The van der Waals surface area contributed by atoms with Gasteiger partial charge in [0.25, 0.3) is 0 Å². The first kappa shape index (κ1) is 110. The zero-order valence-corrected chi connectivity index (χ0v) is 88.2. The summed E-state index contributed by atoms with van der Waals surface area (Å²) in [7, 11) is -0.555. The molecule has 0 bridgehead atoms. The molecule has 6 fully saturated rings. The number of esters is 4. The molecule has 0 spiro atoms. The van der Waals surface area contributed by atoms with E-state index in [0.717, 1.165) is 162 Å². The first-order chi connectivity index (χ1) is 59.4. The summed E-state index contributed by atoms with van der Waals surface area (Å²) in [6.45, 7) is 64.2. The molecule has 4 aromatic rings. The molecule has 702 valence electrons. The van der Waals surface area contributed by atoms with Crippen molar-refractivity contribution < 1.29 is 80.2 Å². The normalized spacial score (nSPS) is 18.7.